The highest BCUT2D eigenvalue weighted by molar-refractivity contribution is 5.94. The summed E-state index contributed by atoms with van der Waals surface area (Å²) < 4.78 is 15.4. The Labute approximate surface area is 147 Å². The number of aromatic nitrogens is 1. The van der Waals surface area contributed by atoms with E-state index in [1.165, 1.54) is 0 Å². The van der Waals surface area contributed by atoms with Crippen LogP contribution in [-0.4, -0.2) is 45.4 Å². The van der Waals surface area contributed by atoms with E-state index >= 15 is 0 Å². The molecule has 0 unspecified atom stereocenters. The van der Waals surface area contributed by atoms with E-state index in [-0.39, 0.29) is 5.91 Å². The number of amides is 1. The van der Waals surface area contributed by atoms with Crippen LogP contribution in [0.2, 0.25) is 0 Å². The summed E-state index contributed by atoms with van der Waals surface area (Å²) >= 11 is 0. The maximum atomic E-state index is 11.9. The van der Waals surface area contributed by atoms with Crippen LogP contribution in [0.1, 0.15) is 15.9 Å². The van der Waals surface area contributed by atoms with Gasteiger partial charge in [-0.3, -0.25) is 4.79 Å². The van der Waals surface area contributed by atoms with Gasteiger partial charge in [-0.1, -0.05) is 6.07 Å². The second-order valence-electron chi connectivity index (χ2n) is 5.22. The van der Waals surface area contributed by atoms with E-state index in [0.29, 0.717) is 42.6 Å². The number of nitrogens with zero attached hydrogens (tertiary/aromatic N) is 1. The summed E-state index contributed by atoms with van der Waals surface area (Å²) in [6.45, 7) is 1.52. The quantitative estimate of drug-likeness (QED) is 0.677. The number of methoxy groups -OCH3 is 3. The van der Waals surface area contributed by atoms with Gasteiger partial charge in [-0.15, -0.1) is 0 Å². The predicted octanol–water partition coefficient (Wildman–Crippen LogP) is 2.09. The average Bonchev–Trinajstić information content (AvgIpc) is 2.66. The van der Waals surface area contributed by atoms with Crippen molar-refractivity contribution in [2.75, 3.05) is 39.8 Å². The van der Waals surface area contributed by atoms with E-state index < -0.39 is 0 Å². The number of anilines is 1. The van der Waals surface area contributed by atoms with Gasteiger partial charge >= 0.3 is 0 Å². The normalized spacial score (nSPS) is 10.2. The number of rotatable bonds is 9. The molecule has 1 aromatic carbocycles. The summed E-state index contributed by atoms with van der Waals surface area (Å²) in [5, 5.41) is 5.96. The zero-order chi connectivity index (χ0) is 18.1. The Morgan fingerprint density at radius 2 is 1.88 bits per heavy atom. The highest BCUT2D eigenvalue weighted by Gasteiger charge is 2.07. The van der Waals surface area contributed by atoms with Gasteiger partial charge in [-0.2, -0.15) is 0 Å². The number of carbonyl (C=O) groups is 1. The summed E-state index contributed by atoms with van der Waals surface area (Å²) in [6, 6.07) is 9.21. The van der Waals surface area contributed by atoms with E-state index in [1.54, 1.807) is 39.7 Å². The first-order chi connectivity index (χ1) is 12.2. The van der Waals surface area contributed by atoms with Gasteiger partial charge in [0.05, 0.1) is 26.4 Å². The van der Waals surface area contributed by atoms with E-state index in [0.717, 1.165) is 5.56 Å². The molecule has 0 bridgehead atoms. The highest BCUT2D eigenvalue weighted by atomic mass is 16.5. The van der Waals surface area contributed by atoms with Crippen LogP contribution in [0.25, 0.3) is 0 Å². The molecule has 0 aliphatic rings. The van der Waals surface area contributed by atoms with Crippen molar-refractivity contribution < 1.29 is 19.0 Å². The van der Waals surface area contributed by atoms with Crippen molar-refractivity contribution in [1.29, 1.82) is 0 Å². The van der Waals surface area contributed by atoms with Crippen LogP contribution in [0.15, 0.2) is 36.5 Å². The van der Waals surface area contributed by atoms with Crippen molar-refractivity contribution in [3.63, 3.8) is 0 Å². The van der Waals surface area contributed by atoms with Gasteiger partial charge < -0.3 is 24.8 Å². The first kappa shape index (κ1) is 18.5. The molecule has 0 aliphatic carbocycles. The number of pyridine rings is 1. The van der Waals surface area contributed by atoms with Gasteiger partial charge in [0.1, 0.15) is 5.82 Å². The molecular weight excluding hydrogens is 322 g/mol. The molecule has 0 fully saturated rings. The van der Waals surface area contributed by atoms with Crippen molar-refractivity contribution >= 4 is 11.7 Å². The van der Waals surface area contributed by atoms with Crippen LogP contribution >= 0.6 is 0 Å². The molecule has 0 atom stereocenters. The topological polar surface area (TPSA) is 81.7 Å². The number of nitrogens with one attached hydrogen (secondary N) is 2. The fourth-order valence-electron chi connectivity index (χ4n) is 2.18. The Morgan fingerprint density at radius 3 is 2.52 bits per heavy atom. The fraction of sp³-hybridized carbons (Fsp3) is 0.333. The minimum absolute atomic E-state index is 0.170. The van der Waals surface area contributed by atoms with Crippen LogP contribution < -0.4 is 20.1 Å². The Bertz CT molecular complexity index is 689. The van der Waals surface area contributed by atoms with Crippen molar-refractivity contribution in [1.82, 2.24) is 10.3 Å². The Hall–Kier alpha value is -2.80. The van der Waals surface area contributed by atoms with Crippen molar-refractivity contribution in [2.45, 2.75) is 6.54 Å². The van der Waals surface area contributed by atoms with Crippen molar-refractivity contribution in [3.8, 4) is 11.5 Å². The standard InChI is InChI=1S/C18H23N3O4/c1-23-9-8-19-18(22)14-5-7-17(21-12-14)20-11-13-4-6-15(24-2)16(10-13)25-3/h4-7,10,12H,8-9,11H2,1-3H3,(H,19,22)(H,20,21). The van der Waals surface area contributed by atoms with Gasteiger partial charge in [-0.05, 0) is 29.8 Å². The summed E-state index contributed by atoms with van der Waals surface area (Å²) in [7, 11) is 4.80. The maximum Gasteiger partial charge on any atom is 0.252 e. The SMILES string of the molecule is COCCNC(=O)c1ccc(NCc2ccc(OC)c(OC)c2)nc1. The van der Waals surface area contributed by atoms with Gasteiger partial charge in [-0.25, -0.2) is 4.98 Å². The molecule has 0 radical (unpaired) electrons. The molecule has 1 aromatic heterocycles. The molecule has 2 rings (SSSR count). The van der Waals surface area contributed by atoms with E-state index in [1.807, 2.05) is 18.2 Å². The lowest BCUT2D eigenvalue weighted by Gasteiger charge is -2.11. The van der Waals surface area contributed by atoms with Crippen LogP contribution in [0.5, 0.6) is 11.5 Å². The molecule has 0 saturated heterocycles. The lowest BCUT2D eigenvalue weighted by molar-refractivity contribution is 0.0937. The molecule has 0 saturated carbocycles. The lowest BCUT2D eigenvalue weighted by atomic mass is 10.2. The predicted molar refractivity (Wildman–Crippen MR) is 95.3 cm³/mol. The summed E-state index contributed by atoms with van der Waals surface area (Å²) in [6.07, 6.45) is 1.54. The largest absolute Gasteiger partial charge is 0.493 e. The molecule has 7 heteroatoms. The molecule has 1 heterocycles. The highest BCUT2D eigenvalue weighted by Crippen LogP contribution is 2.27. The zero-order valence-electron chi connectivity index (χ0n) is 14.7. The minimum Gasteiger partial charge on any atom is -0.493 e. The monoisotopic (exact) mass is 345 g/mol. The average molecular weight is 345 g/mol. The fourth-order valence-corrected chi connectivity index (χ4v) is 2.18. The second kappa shape index (κ2) is 9.48. The first-order valence-electron chi connectivity index (χ1n) is 7.86. The molecule has 7 nitrogen and oxygen atoms in total. The number of ether oxygens (including phenoxy) is 3. The van der Waals surface area contributed by atoms with Crippen LogP contribution in [0.4, 0.5) is 5.82 Å². The third-order valence-electron chi connectivity index (χ3n) is 3.54. The Kier molecular flexibility index (Phi) is 7.03. The molecular formula is C18H23N3O4. The lowest BCUT2D eigenvalue weighted by Crippen LogP contribution is -2.27. The third-order valence-corrected chi connectivity index (χ3v) is 3.54. The van der Waals surface area contributed by atoms with Crippen LogP contribution in [0, 0.1) is 0 Å². The number of hydrogen-bond donors (Lipinski definition) is 2. The molecule has 0 aliphatic heterocycles. The number of hydrogen-bond acceptors (Lipinski definition) is 6. The molecule has 1 amide bonds. The Morgan fingerprint density at radius 1 is 1.08 bits per heavy atom. The van der Waals surface area contributed by atoms with Crippen LogP contribution in [-0.2, 0) is 11.3 Å². The molecule has 2 aromatic rings. The number of carbonyl (C=O) groups excluding carboxylic acids is 1. The summed E-state index contributed by atoms with van der Waals surface area (Å²) in [4.78, 5) is 16.1. The van der Waals surface area contributed by atoms with E-state index in [2.05, 4.69) is 15.6 Å². The van der Waals surface area contributed by atoms with E-state index in [9.17, 15) is 4.79 Å². The maximum absolute atomic E-state index is 11.9. The van der Waals surface area contributed by atoms with Crippen molar-refractivity contribution in [2.24, 2.45) is 0 Å². The molecule has 25 heavy (non-hydrogen) atoms. The first-order valence-corrected chi connectivity index (χ1v) is 7.86. The van der Waals surface area contributed by atoms with E-state index in [4.69, 9.17) is 14.2 Å². The molecule has 134 valence electrons. The summed E-state index contributed by atoms with van der Waals surface area (Å²) in [5.41, 5.74) is 1.54. The second-order valence-corrected chi connectivity index (χ2v) is 5.22. The van der Waals surface area contributed by atoms with Gasteiger partial charge in [0.25, 0.3) is 5.91 Å². The smallest absolute Gasteiger partial charge is 0.252 e. The third kappa shape index (κ3) is 5.36. The summed E-state index contributed by atoms with van der Waals surface area (Å²) in [5.74, 6) is 1.88. The van der Waals surface area contributed by atoms with Crippen LogP contribution in [0.3, 0.4) is 0 Å². The zero-order valence-corrected chi connectivity index (χ0v) is 14.7. The molecule has 2 N–H and O–H groups in total. The van der Waals surface area contributed by atoms with Crippen molar-refractivity contribution in [3.05, 3.63) is 47.7 Å². The van der Waals surface area contributed by atoms with Gasteiger partial charge in [0, 0.05) is 26.4 Å². The Balaban J connectivity index is 1.92. The van der Waals surface area contributed by atoms with Gasteiger partial charge in [0.15, 0.2) is 11.5 Å². The minimum atomic E-state index is -0.170. The molecule has 0 spiro atoms. The number of benzene rings is 1. The van der Waals surface area contributed by atoms with Gasteiger partial charge in [0.2, 0.25) is 0 Å².